The van der Waals surface area contributed by atoms with Gasteiger partial charge in [0.2, 0.25) is 5.91 Å². The number of benzene rings is 2. The average molecular weight is 545 g/mol. The lowest BCUT2D eigenvalue weighted by atomic mass is 10.00. The van der Waals surface area contributed by atoms with Gasteiger partial charge in [-0.25, -0.2) is 4.39 Å². The second kappa shape index (κ2) is 12.5. The topological polar surface area (TPSA) is 59.1 Å². The number of rotatable bonds is 10. The van der Waals surface area contributed by atoms with Gasteiger partial charge in [0, 0.05) is 42.3 Å². The van der Waals surface area contributed by atoms with Gasteiger partial charge in [-0.3, -0.25) is 9.59 Å². The molecule has 1 aliphatic heterocycles. The van der Waals surface area contributed by atoms with E-state index in [1.807, 2.05) is 30.5 Å². The number of methoxy groups -OCH3 is 1. The third-order valence-electron chi connectivity index (χ3n) is 6.41. The summed E-state index contributed by atoms with van der Waals surface area (Å²) >= 11 is 7.83. The predicted octanol–water partition coefficient (Wildman–Crippen LogP) is 5.53. The Morgan fingerprint density at radius 1 is 1.22 bits per heavy atom. The molecule has 2 aromatic carbocycles. The van der Waals surface area contributed by atoms with Gasteiger partial charge in [-0.15, -0.1) is 11.3 Å². The highest BCUT2D eigenvalue weighted by Crippen LogP contribution is 2.34. The lowest BCUT2D eigenvalue weighted by Crippen LogP contribution is -2.48. The molecule has 6 nitrogen and oxygen atoms in total. The Balaban J connectivity index is 1.53. The Hall–Kier alpha value is -2.94. The second-order valence-electron chi connectivity index (χ2n) is 8.96. The Kier molecular flexibility index (Phi) is 9.18. The van der Waals surface area contributed by atoms with Crippen LogP contribution in [0.1, 0.15) is 38.8 Å². The van der Waals surface area contributed by atoms with Gasteiger partial charge >= 0.3 is 0 Å². The van der Waals surface area contributed by atoms with Crippen LogP contribution in [-0.2, 0) is 16.0 Å². The smallest absolute Gasteiger partial charge is 0.254 e. The molecule has 196 valence electrons. The molecule has 37 heavy (non-hydrogen) atoms. The van der Waals surface area contributed by atoms with Crippen LogP contribution in [0.4, 0.5) is 4.39 Å². The van der Waals surface area contributed by atoms with Crippen molar-refractivity contribution in [2.24, 2.45) is 0 Å². The molecule has 0 N–H and O–H groups in total. The van der Waals surface area contributed by atoms with E-state index in [-0.39, 0.29) is 36.6 Å². The number of carbonyl (C=O) groups excluding carboxylic acids is 2. The highest BCUT2D eigenvalue weighted by Gasteiger charge is 2.33. The van der Waals surface area contributed by atoms with Crippen molar-refractivity contribution in [3.63, 3.8) is 0 Å². The quantitative estimate of drug-likeness (QED) is 0.315. The van der Waals surface area contributed by atoms with Gasteiger partial charge < -0.3 is 19.3 Å². The van der Waals surface area contributed by atoms with Gasteiger partial charge in [0.1, 0.15) is 24.7 Å². The van der Waals surface area contributed by atoms with E-state index in [4.69, 9.17) is 21.1 Å². The summed E-state index contributed by atoms with van der Waals surface area (Å²) in [5.41, 5.74) is 2.19. The van der Waals surface area contributed by atoms with Crippen molar-refractivity contribution < 1.29 is 23.5 Å². The first-order valence-corrected chi connectivity index (χ1v) is 13.4. The first-order valence-electron chi connectivity index (χ1n) is 12.2. The summed E-state index contributed by atoms with van der Waals surface area (Å²) in [5.74, 6) is -0.384. The minimum atomic E-state index is -0.496. The van der Waals surface area contributed by atoms with Gasteiger partial charge in [-0.2, -0.15) is 0 Å². The molecule has 3 aromatic rings. The summed E-state index contributed by atoms with van der Waals surface area (Å²) in [6.07, 6.45) is 1.30. The molecule has 1 atom stereocenters. The lowest BCUT2D eigenvalue weighted by Gasteiger charge is -2.37. The fourth-order valence-corrected chi connectivity index (χ4v) is 5.51. The molecule has 1 aliphatic rings. The molecule has 0 aliphatic carbocycles. The third-order valence-corrected chi connectivity index (χ3v) is 7.83. The van der Waals surface area contributed by atoms with Crippen LogP contribution in [0.25, 0.3) is 0 Å². The van der Waals surface area contributed by atoms with Gasteiger partial charge in [0.05, 0.1) is 6.04 Å². The molecule has 9 heteroatoms. The fourth-order valence-electron chi connectivity index (χ4n) is 4.47. The van der Waals surface area contributed by atoms with E-state index in [1.165, 1.54) is 28.0 Å². The van der Waals surface area contributed by atoms with Crippen molar-refractivity contribution in [2.75, 3.05) is 40.0 Å². The van der Waals surface area contributed by atoms with Crippen LogP contribution in [0.5, 0.6) is 5.75 Å². The van der Waals surface area contributed by atoms with E-state index in [1.54, 1.807) is 35.5 Å². The van der Waals surface area contributed by atoms with Crippen LogP contribution in [0.2, 0.25) is 5.02 Å². The lowest BCUT2D eigenvalue weighted by molar-refractivity contribution is -0.135. The molecule has 2 amide bonds. The van der Waals surface area contributed by atoms with E-state index in [0.29, 0.717) is 36.9 Å². The van der Waals surface area contributed by atoms with Crippen molar-refractivity contribution in [3.05, 3.63) is 86.3 Å². The maximum atomic E-state index is 13.8. The molecule has 0 spiro atoms. The highest BCUT2D eigenvalue weighted by atomic mass is 35.5. The van der Waals surface area contributed by atoms with Crippen molar-refractivity contribution in [2.45, 2.75) is 25.8 Å². The van der Waals surface area contributed by atoms with Crippen LogP contribution in [0.15, 0.2) is 53.9 Å². The zero-order valence-corrected chi connectivity index (χ0v) is 22.5. The van der Waals surface area contributed by atoms with Crippen LogP contribution in [-0.4, -0.2) is 61.6 Å². The minimum absolute atomic E-state index is 0.116. The highest BCUT2D eigenvalue weighted by molar-refractivity contribution is 7.10. The zero-order chi connectivity index (χ0) is 26.4. The Labute approximate surface area is 225 Å². The van der Waals surface area contributed by atoms with Crippen molar-refractivity contribution in [3.8, 4) is 5.75 Å². The summed E-state index contributed by atoms with van der Waals surface area (Å²) < 4.78 is 25.1. The van der Waals surface area contributed by atoms with Crippen molar-refractivity contribution >= 4 is 34.8 Å². The zero-order valence-electron chi connectivity index (χ0n) is 20.9. The number of ether oxygens (including phenoxy) is 2. The molecular formula is C28H30ClFN2O4S. The minimum Gasteiger partial charge on any atom is -0.491 e. The maximum Gasteiger partial charge on any atom is 0.254 e. The summed E-state index contributed by atoms with van der Waals surface area (Å²) in [4.78, 5) is 31.4. The molecule has 0 fully saturated rings. The number of carbonyl (C=O) groups is 2. The maximum absolute atomic E-state index is 13.8. The molecule has 0 bridgehead atoms. The largest absolute Gasteiger partial charge is 0.491 e. The van der Waals surface area contributed by atoms with Gasteiger partial charge in [0.15, 0.2) is 0 Å². The molecule has 0 unspecified atom stereocenters. The Bertz CT molecular complexity index is 1250. The second-order valence-corrected chi connectivity index (χ2v) is 10.4. The van der Waals surface area contributed by atoms with Crippen molar-refractivity contribution in [1.82, 2.24) is 9.80 Å². The summed E-state index contributed by atoms with van der Waals surface area (Å²) in [5, 5.41) is 2.70. The van der Waals surface area contributed by atoms with Gasteiger partial charge in [0.25, 0.3) is 5.91 Å². The van der Waals surface area contributed by atoms with E-state index >= 15 is 0 Å². The van der Waals surface area contributed by atoms with Crippen molar-refractivity contribution in [1.29, 1.82) is 0 Å². The number of thiophene rings is 1. The molecule has 2 heterocycles. The molecule has 0 radical (unpaired) electrons. The number of halogens is 2. The number of hydrogen-bond donors (Lipinski definition) is 0. The van der Waals surface area contributed by atoms with E-state index in [2.05, 4.69) is 0 Å². The number of aryl methyl sites for hydroxylation is 1. The molecular weight excluding hydrogens is 515 g/mol. The Morgan fingerprint density at radius 3 is 2.81 bits per heavy atom. The summed E-state index contributed by atoms with van der Waals surface area (Å²) in [6.45, 7) is 3.36. The summed E-state index contributed by atoms with van der Waals surface area (Å²) in [6, 6.07) is 12.8. The van der Waals surface area contributed by atoms with Crippen LogP contribution >= 0.6 is 22.9 Å². The van der Waals surface area contributed by atoms with E-state index in [9.17, 15) is 14.0 Å². The van der Waals surface area contributed by atoms with Crippen LogP contribution in [0.3, 0.4) is 0 Å². The first-order chi connectivity index (χ1) is 17.9. The number of fused-ring (bicyclic) bond motifs is 1. The third kappa shape index (κ3) is 6.69. The monoisotopic (exact) mass is 544 g/mol. The first kappa shape index (κ1) is 27.1. The normalized spacial score (nSPS) is 14.8. The van der Waals surface area contributed by atoms with E-state index < -0.39 is 5.82 Å². The molecule has 0 saturated carbocycles. The molecule has 4 rings (SSSR count). The molecule has 1 aromatic heterocycles. The average Bonchev–Trinajstić information content (AvgIpc) is 3.37. The SMILES string of the molecule is COCCCN(CC(=O)N1CCc2sccc2[C@@H]1COc1ccc(Cl)c(C)c1)C(=O)c1cccc(F)c1. The van der Waals surface area contributed by atoms with Crippen LogP contribution in [0, 0.1) is 12.7 Å². The fraction of sp³-hybridized carbons (Fsp3) is 0.357. The number of nitrogens with zero attached hydrogens (tertiary/aromatic N) is 2. The van der Waals surface area contributed by atoms with Crippen LogP contribution < -0.4 is 4.74 Å². The van der Waals surface area contributed by atoms with E-state index in [0.717, 1.165) is 17.5 Å². The predicted molar refractivity (Wildman–Crippen MR) is 143 cm³/mol. The summed E-state index contributed by atoms with van der Waals surface area (Å²) in [7, 11) is 1.59. The van der Waals surface area contributed by atoms with Gasteiger partial charge in [-0.05, 0) is 78.7 Å². The number of amides is 2. The molecule has 0 saturated heterocycles. The van der Waals surface area contributed by atoms with Gasteiger partial charge in [-0.1, -0.05) is 17.7 Å². The number of hydrogen-bond acceptors (Lipinski definition) is 5. The standard InChI is InChI=1S/C28H30ClFN2O4S/c1-19-15-22(7-8-24(19)29)36-18-25-23-10-14-37-26(23)9-12-32(25)27(33)17-31(11-4-13-35-2)28(34)20-5-3-6-21(30)16-20/h3,5-8,10,14-16,25H,4,9,11-13,17-18H2,1-2H3/t25-/m0/s1. The Morgan fingerprint density at radius 2 is 2.05 bits per heavy atom.